The highest BCUT2D eigenvalue weighted by Gasteiger charge is 2.29. The highest BCUT2D eigenvalue weighted by atomic mass is 16.5. The summed E-state index contributed by atoms with van der Waals surface area (Å²) in [6.45, 7) is 0. The molecule has 1 N–H and O–H groups in total. The second kappa shape index (κ2) is 4.23. The molecular weight excluding hydrogens is 248 g/mol. The van der Waals surface area contributed by atoms with E-state index in [-0.39, 0.29) is 0 Å². The number of para-hydroxylation sites is 2. The van der Waals surface area contributed by atoms with Crippen LogP contribution in [0, 0.1) is 5.41 Å². The van der Waals surface area contributed by atoms with Crippen molar-refractivity contribution < 1.29 is 4.74 Å². The zero-order chi connectivity index (χ0) is 13.5. The van der Waals surface area contributed by atoms with Gasteiger partial charge in [0.1, 0.15) is 5.76 Å². The van der Waals surface area contributed by atoms with E-state index in [1.807, 2.05) is 48.7 Å². The van der Waals surface area contributed by atoms with Gasteiger partial charge in [0.25, 0.3) is 0 Å². The molecule has 2 heterocycles. The van der Waals surface area contributed by atoms with Gasteiger partial charge >= 0.3 is 0 Å². The van der Waals surface area contributed by atoms with E-state index in [0.29, 0.717) is 12.1 Å². The molecule has 3 aliphatic rings. The number of anilines is 1. The van der Waals surface area contributed by atoms with E-state index in [4.69, 9.17) is 10.1 Å². The van der Waals surface area contributed by atoms with Gasteiger partial charge in [0.05, 0.1) is 17.1 Å². The molecule has 0 amide bonds. The first kappa shape index (κ1) is 11.3. The standard InChI is InChI=1S/C17H14N2O/c18-13-7-5-11-19-14-8-2-4-10-16(14)20-15-9-3-1-6-12(15)17(13)19/h1-5,8-11,18H,6-7H2. The van der Waals surface area contributed by atoms with Gasteiger partial charge in [-0.05, 0) is 24.6 Å². The Balaban J connectivity index is 2.02. The highest BCUT2D eigenvalue weighted by Crippen LogP contribution is 2.41. The predicted octanol–water partition coefficient (Wildman–Crippen LogP) is 3.92. The van der Waals surface area contributed by atoms with Crippen molar-refractivity contribution in [3.05, 3.63) is 71.8 Å². The fourth-order valence-electron chi connectivity index (χ4n) is 2.83. The number of fused-ring (bicyclic) bond motifs is 4. The van der Waals surface area contributed by atoms with Crippen molar-refractivity contribution >= 4 is 11.4 Å². The van der Waals surface area contributed by atoms with Crippen molar-refractivity contribution in [2.75, 3.05) is 4.90 Å². The van der Waals surface area contributed by atoms with E-state index in [1.165, 1.54) is 0 Å². The molecule has 1 aliphatic carbocycles. The van der Waals surface area contributed by atoms with Crippen LogP contribution in [0.25, 0.3) is 0 Å². The number of hydrogen-bond acceptors (Lipinski definition) is 3. The van der Waals surface area contributed by atoms with E-state index in [2.05, 4.69) is 11.0 Å². The second-order valence-corrected chi connectivity index (χ2v) is 5.00. The molecule has 0 saturated heterocycles. The maximum absolute atomic E-state index is 8.32. The highest BCUT2D eigenvalue weighted by molar-refractivity contribution is 6.05. The van der Waals surface area contributed by atoms with Gasteiger partial charge in [0.15, 0.2) is 5.75 Å². The average molecular weight is 262 g/mol. The Kier molecular flexibility index (Phi) is 2.39. The van der Waals surface area contributed by atoms with Crippen molar-refractivity contribution in [1.29, 1.82) is 5.41 Å². The first-order valence-corrected chi connectivity index (χ1v) is 6.75. The SMILES string of the molecule is N=C1CC=CN2C1=C1CC=CC=C1Oc1ccccc12. The Morgan fingerprint density at radius 1 is 1.10 bits per heavy atom. The van der Waals surface area contributed by atoms with Gasteiger partial charge in [-0.15, -0.1) is 0 Å². The molecular formula is C17H14N2O. The van der Waals surface area contributed by atoms with Crippen molar-refractivity contribution in [3.63, 3.8) is 0 Å². The summed E-state index contributed by atoms with van der Waals surface area (Å²) in [7, 11) is 0. The number of nitrogens with one attached hydrogen (secondary N) is 1. The fraction of sp³-hybridized carbons (Fsp3) is 0.118. The number of benzene rings is 1. The molecule has 0 unspecified atom stereocenters. The normalized spacial score (nSPS) is 19.7. The lowest BCUT2D eigenvalue weighted by atomic mass is 9.97. The number of nitrogens with zero attached hydrogens (tertiary/aromatic N) is 1. The number of rotatable bonds is 0. The van der Waals surface area contributed by atoms with Gasteiger partial charge in [-0.25, -0.2) is 0 Å². The molecule has 2 aliphatic heterocycles. The number of ether oxygens (including phenoxy) is 1. The second-order valence-electron chi connectivity index (χ2n) is 5.00. The van der Waals surface area contributed by atoms with Crippen LogP contribution >= 0.6 is 0 Å². The molecule has 0 radical (unpaired) electrons. The van der Waals surface area contributed by atoms with Crippen molar-refractivity contribution in [3.8, 4) is 5.75 Å². The Hall–Kier alpha value is -2.55. The average Bonchev–Trinajstić information content (AvgIpc) is 2.62. The molecule has 0 saturated carbocycles. The zero-order valence-electron chi connectivity index (χ0n) is 11.0. The Labute approximate surface area is 117 Å². The molecule has 0 fully saturated rings. The van der Waals surface area contributed by atoms with Crippen LogP contribution < -0.4 is 9.64 Å². The zero-order valence-corrected chi connectivity index (χ0v) is 11.0. The summed E-state index contributed by atoms with van der Waals surface area (Å²) in [4.78, 5) is 2.08. The van der Waals surface area contributed by atoms with Gasteiger partial charge in [-0.2, -0.15) is 0 Å². The molecule has 98 valence electrons. The first-order chi connectivity index (χ1) is 9.84. The molecule has 3 nitrogen and oxygen atoms in total. The summed E-state index contributed by atoms with van der Waals surface area (Å²) in [5.41, 5.74) is 3.70. The molecule has 1 aromatic carbocycles. The molecule has 1 aromatic rings. The summed E-state index contributed by atoms with van der Waals surface area (Å²) in [6, 6.07) is 7.98. The minimum atomic E-state index is 0.643. The molecule has 0 aromatic heterocycles. The quantitative estimate of drug-likeness (QED) is 0.769. The number of hydrogen-bond donors (Lipinski definition) is 1. The molecule has 20 heavy (non-hydrogen) atoms. The third kappa shape index (κ3) is 1.56. The minimum absolute atomic E-state index is 0.643. The van der Waals surface area contributed by atoms with Crippen LogP contribution in [-0.2, 0) is 0 Å². The summed E-state index contributed by atoms with van der Waals surface area (Å²) >= 11 is 0. The van der Waals surface area contributed by atoms with Gasteiger partial charge in [0.2, 0.25) is 0 Å². The third-order valence-corrected chi connectivity index (χ3v) is 3.74. The fourth-order valence-corrected chi connectivity index (χ4v) is 2.83. The van der Waals surface area contributed by atoms with Crippen LogP contribution in [0.4, 0.5) is 5.69 Å². The van der Waals surface area contributed by atoms with Gasteiger partial charge in [0, 0.05) is 18.2 Å². The monoisotopic (exact) mass is 262 g/mol. The summed E-state index contributed by atoms with van der Waals surface area (Å²) < 4.78 is 6.08. The van der Waals surface area contributed by atoms with E-state index in [9.17, 15) is 0 Å². The molecule has 0 spiro atoms. The predicted molar refractivity (Wildman–Crippen MR) is 79.9 cm³/mol. The lowest BCUT2D eigenvalue weighted by Gasteiger charge is -2.28. The third-order valence-electron chi connectivity index (χ3n) is 3.74. The van der Waals surface area contributed by atoms with E-state index < -0.39 is 0 Å². The largest absolute Gasteiger partial charge is 0.455 e. The van der Waals surface area contributed by atoms with E-state index >= 15 is 0 Å². The lowest BCUT2D eigenvalue weighted by molar-refractivity contribution is 0.437. The van der Waals surface area contributed by atoms with E-state index in [1.54, 1.807) is 0 Å². The Morgan fingerprint density at radius 2 is 2.00 bits per heavy atom. The molecule has 0 bridgehead atoms. The smallest absolute Gasteiger partial charge is 0.151 e. The molecule has 4 rings (SSSR count). The van der Waals surface area contributed by atoms with Crippen LogP contribution in [0.5, 0.6) is 5.75 Å². The molecule has 3 heteroatoms. The topological polar surface area (TPSA) is 36.3 Å². The summed E-state index contributed by atoms with van der Waals surface area (Å²) in [5.74, 6) is 1.69. The maximum atomic E-state index is 8.32. The van der Waals surface area contributed by atoms with Crippen molar-refractivity contribution in [2.45, 2.75) is 12.8 Å². The van der Waals surface area contributed by atoms with Crippen LogP contribution in [0.3, 0.4) is 0 Å². The Morgan fingerprint density at radius 3 is 2.95 bits per heavy atom. The van der Waals surface area contributed by atoms with Crippen LogP contribution in [0.15, 0.2) is 71.8 Å². The number of allylic oxidation sites excluding steroid dienone is 6. The first-order valence-electron chi connectivity index (χ1n) is 6.75. The van der Waals surface area contributed by atoms with Gasteiger partial charge in [-0.3, -0.25) is 0 Å². The Bertz CT molecular complexity index is 722. The molecule has 0 atom stereocenters. The minimum Gasteiger partial charge on any atom is -0.455 e. The van der Waals surface area contributed by atoms with Crippen LogP contribution in [-0.4, -0.2) is 5.71 Å². The summed E-state index contributed by atoms with van der Waals surface area (Å²) in [6.07, 6.45) is 11.7. The lowest BCUT2D eigenvalue weighted by Crippen LogP contribution is -2.26. The van der Waals surface area contributed by atoms with Gasteiger partial charge < -0.3 is 15.0 Å². The van der Waals surface area contributed by atoms with Gasteiger partial charge in [-0.1, -0.05) is 30.4 Å². The van der Waals surface area contributed by atoms with E-state index in [0.717, 1.165) is 34.9 Å². The van der Waals surface area contributed by atoms with Crippen molar-refractivity contribution in [2.24, 2.45) is 0 Å². The maximum Gasteiger partial charge on any atom is 0.151 e. The summed E-state index contributed by atoms with van der Waals surface area (Å²) in [5, 5.41) is 8.32. The van der Waals surface area contributed by atoms with Crippen LogP contribution in [0.2, 0.25) is 0 Å². The van der Waals surface area contributed by atoms with Crippen LogP contribution in [0.1, 0.15) is 12.8 Å². The van der Waals surface area contributed by atoms with Crippen molar-refractivity contribution in [1.82, 2.24) is 0 Å².